The van der Waals surface area contributed by atoms with Crippen LogP contribution in [0.3, 0.4) is 0 Å². The Hall–Kier alpha value is -1.90. The summed E-state index contributed by atoms with van der Waals surface area (Å²) in [5.74, 6) is 1.30. The SMILES string of the molecule is CN=C(NCc1ccccc1OC(F)F)NC1CC1c1ccccc1.I. The molecule has 2 unspecified atom stereocenters. The molecule has 0 radical (unpaired) electrons. The van der Waals surface area contributed by atoms with Gasteiger partial charge in [0.2, 0.25) is 0 Å². The van der Waals surface area contributed by atoms with E-state index < -0.39 is 6.61 Å². The number of benzene rings is 2. The zero-order valence-corrected chi connectivity index (χ0v) is 16.7. The summed E-state index contributed by atoms with van der Waals surface area (Å²) in [6.07, 6.45) is 1.05. The summed E-state index contributed by atoms with van der Waals surface area (Å²) in [6, 6.07) is 17.4. The van der Waals surface area contributed by atoms with Crippen LogP contribution in [-0.4, -0.2) is 25.7 Å². The molecule has 0 aromatic heterocycles. The first kappa shape index (κ1) is 20.4. The van der Waals surface area contributed by atoms with Crippen molar-refractivity contribution in [2.75, 3.05) is 7.05 Å². The number of guanidine groups is 1. The Balaban J connectivity index is 0.00000243. The van der Waals surface area contributed by atoms with Crippen LogP contribution in [0.2, 0.25) is 0 Å². The van der Waals surface area contributed by atoms with Crippen LogP contribution in [0.15, 0.2) is 59.6 Å². The molecule has 0 aliphatic heterocycles. The van der Waals surface area contributed by atoms with Crippen LogP contribution < -0.4 is 15.4 Å². The van der Waals surface area contributed by atoms with E-state index in [1.165, 1.54) is 11.6 Å². The Morgan fingerprint density at radius 1 is 1.15 bits per heavy atom. The van der Waals surface area contributed by atoms with Crippen LogP contribution in [0, 0.1) is 0 Å². The predicted octanol–water partition coefficient (Wildman–Crippen LogP) is 4.13. The predicted molar refractivity (Wildman–Crippen MR) is 109 cm³/mol. The number of halogens is 3. The summed E-state index contributed by atoms with van der Waals surface area (Å²) < 4.78 is 29.5. The molecule has 0 heterocycles. The first-order valence-electron chi connectivity index (χ1n) is 8.22. The maximum Gasteiger partial charge on any atom is 0.387 e. The molecule has 1 saturated carbocycles. The molecular formula is C19H22F2IN3O. The molecule has 26 heavy (non-hydrogen) atoms. The molecule has 1 aliphatic carbocycles. The van der Waals surface area contributed by atoms with Crippen molar-refractivity contribution in [2.45, 2.75) is 31.5 Å². The van der Waals surface area contributed by atoms with Gasteiger partial charge in [0, 0.05) is 31.1 Å². The second-order valence-corrected chi connectivity index (χ2v) is 5.92. The number of nitrogens with zero attached hydrogens (tertiary/aromatic N) is 1. The number of ether oxygens (including phenoxy) is 1. The van der Waals surface area contributed by atoms with Crippen molar-refractivity contribution in [1.82, 2.24) is 10.6 Å². The summed E-state index contributed by atoms with van der Waals surface area (Å²) in [7, 11) is 1.69. The molecule has 2 N–H and O–H groups in total. The first-order chi connectivity index (χ1) is 12.2. The van der Waals surface area contributed by atoms with E-state index in [9.17, 15) is 8.78 Å². The van der Waals surface area contributed by atoms with Gasteiger partial charge in [-0.1, -0.05) is 48.5 Å². The zero-order chi connectivity index (χ0) is 17.6. The standard InChI is InChI=1S/C19H21F2N3O.HI/c1-22-19(24-16-11-15(16)13-7-3-2-4-8-13)23-12-14-9-5-6-10-17(14)25-18(20)21;/h2-10,15-16,18H,11-12H2,1H3,(H2,22,23,24);1H. The second-order valence-electron chi connectivity index (χ2n) is 5.92. The Kier molecular flexibility index (Phi) is 7.62. The van der Waals surface area contributed by atoms with Crippen LogP contribution in [0.4, 0.5) is 8.78 Å². The molecule has 2 atom stereocenters. The van der Waals surface area contributed by atoms with Crippen molar-refractivity contribution in [3.05, 3.63) is 65.7 Å². The highest BCUT2D eigenvalue weighted by atomic mass is 127. The smallest absolute Gasteiger partial charge is 0.387 e. The van der Waals surface area contributed by atoms with Gasteiger partial charge in [-0.3, -0.25) is 4.99 Å². The van der Waals surface area contributed by atoms with Gasteiger partial charge in [-0.2, -0.15) is 8.78 Å². The number of hydrogen-bond donors (Lipinski definition) is 2. The third-order valence-corrected chi connectivity index (χ3v) is 4.20. The molecule has 7 heteroatoms. The minimum Gasteiger partial charge on any atom is -0.434 e. The lowest BCUT2D eigenvalue weighted by Gasteiger charge is -2.14. The van der Waals surface area contributed by atoms with Gasteiger partial charge in [-0.05, 0) is 18.1 Å². The second kappa shape index (κ2) is 9.70. The summed E-state index contributed by atoms with van der Waals surface area (Å²) >= 11 is 0. The minimum atomic E-state index is -2.84. The minimum absolute atomic E-state index is 0. The summed E-state index contributed by atoms with van der Waals surface area (Å²) in [6.45, 7) is -2.48. The molecule has 2 aromatic rings. The van der Waals surface area contributed by atoms with Crippen LogP contribution in [0.25, 0.3) is 0 Å². The zero-order valence-electron chi connectivity index (χ0n) is 14.4. The highest BCUT2D eigenvalue weighted by molar-refractivity contribution is 14.0. The van der Waals surface area contributed by atoms with Crippen molar-refractivity contribution >= 4 is 29.9 Å². The number of alkyl halides is 2. The van der Waals surface area contributed by atoms with E-state index in [-0.39, 0.29) is 29.7 Å². The van der Waals surface area contributed by atoms with E-state index in [0.717, 1.165) is 6.42 Å². The van der Waals surface area contributed by atoms with Gasteiger partial charge in [0.1, 0.15) is 5.75 Å². The Labute approximate surface area is 169 Å². The van der Waals surface area contributed by atoms with Crippen molar-refractivity contribution in [3.63, 3.8) is 0 Å². The van der Waals surface area contributed by atoms with Crippen molar-refractivity contribution < 1.29 is 13.5 Å². The van der Waals surface area contributed by atoms with Crippen molar-refractivity contribution in [3.8, 4) is 5.75 Å². The van der Waals surface area contributed by atoms with E-state index in [1.54, 1.807) is 25.2 Å². The molecule has 3 rings (SSSR count). The van der Waals surface area contributed by atoms with Crippen molar-refractivity contribution in [2.24, 2.45) is 4.99 Å². The molecule has 2 aromatic carbocycles. The van der Waals surface area contributed by atoms with Gasteiger partial charge in [0.15, 0.2) is 5.96 Å². The largest absolute Gasteiger partial charge is 0.434 e. The van der Waals surface area contributed by atoms with E-state index >= 15 is 0 Å². The summed E-state index contributed by atoms with van der Waals surface area (Å²) in [5, 5.41) is 6.53. The highest BCUT2D eigenvalue weighted by Gasteiger charge is 2.38. The number of rotatable bonds is 6. The van der Waals surface area contributed by atoms with E-state index in [2.05, 4.69) is 32.5 Å². The van der Waals surface area contributed by atoms with Gasteiger partial charge in [0.25, 0.3) is 0 Å². The molecular weight excluding hydrogens is 451 g/mol. The molecule has 0 spiro atoms. The summed E-state index contributed by atoms with van der Waals surface area (Å²) in [5.41, 5.74) is 1.97. The van der Waals surface area contributed by atoms with Gasteiger partial charge in [0.05, 0.1) is 0 Å². The maximum atomic E-state index is 12.5. The monoisotopic (exact) mass is 473 g/mol. The lowest BCUT2D eigenvalue weighted by Crippen LogP contribution is -2.38. The average molecular weight is 473 g/mol. The van der Waals surface area contributed by atoms with Gasteiger partial charge in [-0.15, -0.1) is 24.0 Å². The van der Waals surface area contributed by atoms with Crippen molar-refractivity contribution in [1.29, 1.82) is 0 Å². The fourth-order valence-corrected chi connectivity index (χ4v) is 2.83. The fraction of sp³-hybridized carbons (Fsp3) is 0.316. The van der Waals surface area contributed by atoms with E-state index in [1.807, 2.05) is 18.2 Å². The van der Waals surface area contributed by atoms with Crippen LogP contribution >= 0.6 is 24.0 Å². The Morgan fingerprint density at radius 2 is 1.85 bits per heavy atom. The lowest BCUT2D eigenvalue weighted by molar-refractivity contribution is -0.0504. The topological polar surface area (TPSA) is 45.7 Å². The number of aliphatic imine (C=N–C) groups is 1. The first-order valence-corrected chi connectivity index (χ1v) is 8.22. The third-order valence-electron chi connectivity index (χ3n) is 4.20. The van der Waals surface area contributed by atoms with E-state index in [0.29, 0.717) is 30.0 Å². The maximum absolute atomic E-state index is 12.5. The van der Waals surface area contributed by atoms with Gasteiger partial charge < -0.3 is 15.4 Å². The quantitative estimate of drug-likeness (QED) is 0.377. The fourth-order valence-electron chi connectivity index (χ4n) is 2.83. The molecule has 0 amide bonds. The number of nitrogens with one attached hydrogen (secondary N) is 2. The number of hydrogen-bond acceptors (Lipinski definition) is 2. The Bertz CT molecular complexity index is 728. The molecule has 1 fully saturated rings. The lowest BCUT2D eigenvalue weighted by atomic mass is 10.1. The molecule has 4 nitrogen and oxygen atoms in total. The van der Waals surface area contributed by atoms with Crippen LogP contribution in [-0.2, 0) is 6.54 Å². The molecule has 0 bridgehead atoms. The highest BCUT2D eigenvalue weighted by Crippen LogP contribution is 2.40. The molecule has 1 aliphatic rings. The van der Waals surface area contributed by atoms with Crippen LogP contribution in [0.1, 0.15) is 23.5 Å². The van der Waals surface area contributed by atoms with Crippen LogP contribution in [0.5, 0.6) is 5.75 Å². The van der Waals surface area contributed by atoms with Gasteiger partial charge in [-0.25, -0.2) is 0 Å². The molecule has 0 saturated heterocycles. The summed E-state index contributed by atoms with van der Waals surface area (Å²) in [4.78, 5) is 4.21. The van der Waals surface area contributed by atoms with Gasteiger partial charge >= 0.3 is 6.61 Å². The van der Waals surface area contributed by atoms with E-state index in [4.69, 9.17) is 0 Å². The molecule has 140 valence electrons. The normalized spacial score (nSPS) is 18.8. The Morgan fingerprint density at radius 3 is 2.54 bits per heavy atom. The average Bonchev–Trinajstić information content (AvgIpc) is 3.39. The number of para-hydroxylation sites is 1. The third kappa shape index (κ3) is 5.55.